The van der Waals surface area contributed by atoms with Gasteiger partial charge in [0, 0.05) is 5.69 Å². The molecule has 0 spiro atoms. The molecule has 1 aromatic rings. The molecule has 4 nitrogen and oxygen atoms in total. The van der Waals surface area contributed by atoms with Crippen LogP contribution in [0.4, 0.5) is 14.5 Å². The van der Waals surface area contributed by atoms with Gasteiger partial charge in [-0.25, -0.2) is 0 Å². The van der Waals surface area contributed by atoms with E-state index in [-0.39, 0.29) is 17.7 Å². The third-order valence-corrected chi connectivity index (χ3v) is 4.41. The number of piperidine rings is 1. The summed E-state index contributed by atoms with van der Waals surface area (Å²) in [6.07, 6.45) is 4.05. The first-order valence-corrected chi connectivity index (χ1v) is 8.53. The summed E-state index contributed by atoms with van der Waals surface area (Å²) in [5.74, 6) is 0.0974. The van der Waals surface area contributed by atoms with E-state index in [0.29, 0.717) is 5.69 Å². The van der Waals surface area contributed by atoms with Crippen molar-refractivity contribution >= 4 is 11.6 Å². The third-order valence-electron chi connectivity index (χ3n) is 4.41. The number of nitrogens with one attached hydrogen (secondary N) is 1. The minimum atomic E-state index is -2.85. The number of rotatable bonds is 6. The molecule has 1 amide bonds. The van der Waals surface area contributed by atoms with Gasteiger partial charge in [-0.15, -0.1) is 0 Å². The molecule has 0 saturated carbocycles. The van der Waals surface area contributed by atoms with Gasteiger partial charge in [0.2, 0.25) is 5.91 Å². The lowest BCUT2D eigenvalue weighted by molar-refractivity contribution is -0.122. The minimum absolute atomic E-state index is 0.0168. The van der Waals surface area contributed by atoms with Crippen LogP contribution in [0.25, 0.3) is 0 Å². The molecule has 1 aliphatic heterocycles. The maximum absolute atomic E-state index is 12.7. The Morgan fingerprint density at radius 3 is 2.58 bits per heavy atom. The average molecular weight is 340 g/mol. The molecule has 0 aliphatic carbocycles. The highest BCUT2D eigenvalue weighted by atomic mass is 19.3. The number of aryl methyl sites for hydroxylation is 2. The molecule has 1 heterocycles. The molecule has 1 N–H and O–H groups in total. The maximum Gasteiger partial charge on any atom is 0.387 e. The first-order chi connectivity index (χ1) is 11.4. The van der Waals surface area contributed by atoms with Crippen molar-refractivity contribution in [1.29, 1.82) is 0 Å². The number of ether oxygens (including phenoxy) is 1. The number of hydrogen-bond acceptors (Lipinski definition) is 3. The molecular weight excluding hydrogens is 314 g/mol. The van der Waals surface area contributed by atoms with E-state index in [1.54, 1.807) is 13.8 Å². The summed E-state index contributed by atoms with van der Waals surface area (Å²) in [6, 6.07) is 2.94. The Kier molecular flexibility index (Phi) is 6.54. The van der Waals surface area contributed by atoms with Gasteiger partial charge in [0.1, 0.15) is 5.75 Å². The smallest absolute Gasteiger partial charge is 0.387 e. The van der Waals surface area contributed by atoms with Crippen LogP contribution in [0.15, 0.2) is 12.1 Å². The third kappa shape index (κ3) is 4.66. The second-order valence-electron chi connectivity index (χ2n) is 6.35. The van der Waals surface area contributed by atoms with Crippen LogP contribution in [0.1, 0.15) is 43.7 Å². The van der Waals surface area contributed by atoms with Crippen molar-refractivity contribution in [3.8, 4) is 5.75 Å². The second kappa shape index (κ2) is 8.42. The molecule has 1 unspecified atom stereocenters. The molecule has 134 valence electrons. The lowest BCUT2D eigenvalue weighted by atomic mass is 10.0. The Bertz CT molecular complexity index is 553. The van der Waals surface area contributed by atoms with Gasteiger partial charge in [-0.05, 0) is 69.5 Å². The monoisotopic (exact) mass is 340 g/mol. The lowest BCUT2D eigenvalue weighted by Gasteiger charge is -2.34. The first kappa shape index (κ1) is 18.6. The average Bonchev–Trinajstić information content (AvgIpc) is 2.51. The summed E-state index contributed by atoms with van der Waals surface area (Å²) in [6.45, 7) is 4.69. The van der Waals surface area contributed by atoms with E-state index in [0.717, 1.165) is 49.9 Å². The number of nitrogens with zero attached hydrogens (tertiary/aromatic N) is 1. The molecule has 1 aliphatic rings. The Balaban J connectivity index is 2.13. The van der Waals surface area contributed by atoms with Crippen LogP contribution in [0, 0.1) is 13.8 Å². The van der Waals surface area contributed by atoms with Gasteiger partial charge >= 0.3 is 6.61 Å². The number of likely N-dealkylation sites (tertiary alicyclic amines) is 1. The number of amides is 1. The zero-order chi connectivity index (χ0) is 17.7. The predicted octanol–water partition coefficient (Wildman–Crippen LogP) is 4.11. The van der Waals surface area contributed by atoms with Gasteiger partial charge in [-0.3, -0.25) is 9.69 Å². The lowest BCUT2D eigenvalue weighted by Crippen LogP contribution is -2.47. The van der Waals surface area contributed by atoms with Crippen LogP contribution in [0.5, 0.6) is 5.75 Å². The zero-order valence-electron chi connectivity index (χ0n) is 14.6. The molecule has 1 fully saturated rings. The SMILES string of the molecule is CCCN1CCCCC1C(=O)Nc1c(C)cc(OC(F)F)cc1C. The standard InChI is InChI=1S/C18H26F2N2O2/c1-4-8-22-9-6-5-7-15(22)17(23)21-16-12(2)10-14(11-13(16)3)24-18(19)20/h10-11,15,18H,4-9H2,1-3H3,(H,21,23). The Labute approximate surface area is 142 Å². The van der Waals surface area contributed by atoms with Gasteiger partial charge in [0.25, 0.3) is 0 Å². The summed E-state index contributed by atoms with van der Waals surface area (Å²) in [5.41, 5.74) is 2.12. The van der Waals surface area contributed by atoms with Gasteiger partial charge < -0.3 is 10.1 Å². The Morgan fingerprint density at radius 2 is 2.00 bits per heavy atom. The fourth-order valence-corrected chi connectivity index (χ4v) is 3.34. The topological polar surface area (TPSA) is 41.6 Å². The van der Waals surface area contributed by atoms with Crippen LogP contribution < -0.4 is 10.1 Å². The maximum atomic E-state index is 12.7. The highest BCUT2D eigenvalue weighted by Gasteiger charge is 2.28. The molecule has 24 heavy (non-hydrogen) atoms. The van der Waals surface area contributed by atoms with Crippen LogP contribution in [0.2, 0.25) is 0 Å². The Hall–Kier alpha value is -1.69. The van der Waals surface area contributed by atoms with Crippen molar-refractivity contribution in [2.45, 2.75) is 59.1 Å². The highest BCUT2D eigenvalue weighted by Crippen LogP contribution is 2.28. The number of carbonyl (C=O) groups excluding carboxylic acids is 1. The summed E-state index contributed by atoms with van der Waals surface area (Å²) < 4.78 is 29.2. The number of hydrogen-bond donors (Lipinski definition) is 1. The number of alkyl halides is 2. The quantitative estimate of drug-likeness (QED) is 0.847. The minimum Gasteiger partial charge on any atom is -0.435 e. The van der Waals surface area contributed by atoms with Crippen molar-refractivity contribution in [3.63, 3.8) is 0 Å². The van der Waals surface area contributed by atoms with Gasteiger partial charge in [-0.2, -0.15) is 8.78 Å². The van der Waals surface area contributed by atoms with E-state index in [2.05, 4.69) is 21.9 Å². The summed E-state index contributed by atoms with van der Waals surface area (Å²) >= 11 is 0. The van der Waals surface area contributed by atoms with Gasteiger partial charge in [0.05, 0.1) is 6.04 Å². The summed E-state index contributed by atoms with van der Waals surface area (Å²) in [7, 11) is 0. The van der Waals surface area contributed by atoms with Crippen molar-refractivity contribution in [2.75, 3.05) is 18.4 Å². The highest BCUT2D eigenvalue weighted by molar-refractivity contribution is 5.96. The molecule has 0 bridgehead atoms. The molecular formula is C18H26F2N2O2. The number of benzene rings is 1. The molecule has 6 heteroatoms. The van der Waals surface area contributed by atoms with Crippen LogP contribution in [-0.2, 0) is 4.79 Å². The molecule has 1 aromatic carbocycles. The molecule has 0 radical (unpaired) electrons. The fraction of sp³-hybridized carbons (Fsp3) is 0.611. The first-order valence-electron chi connectivity index (χ1n) is 8.53. The predicted molar refractivity (Wildman–Crippen MR) is 90.7 cm³/mol. The van der Waals surface area contributed by atoms with E-state index >= 15 is 0 Å². The van der Waals surface area contributed by atoms with Crippen LogP contribution in [-0.4, -0.2) is 36.5 Å². The van der Waals surface area contributed by atoms with Crippen molar-refractivity contribution < 1.29 is 18.3 Å². The van der Waals surface area contributed by atoms with E-state index in [4.69, 9.17) is 0 Å². The molecule has 1 atom stereocenters. The molecule has 0 aromatic heterocycles. The normalized spacial score (nSPS) is 18.7. The zero-order valence-corrected chi connectivity index (χ0v) is 14.6. The Morgan fingerprint density at radius 1 is 1.33 bits per heavy atom. The molecule has 1 saturated heterocycles. The van der Waals surface area contributed by atoms with Crippen molar-refractivity contribution in [1.82, 2.24) is 4.90 Å². The van der Waals surface area contributed by atoms with E-state index in [1.165, 1.54) is 12.1 Å². The van der Waals surface area contributed by atoms with E-state index in [1.807, 2.05) is 0 Å². The molecule has 2 rings (SSSR count). The fourth-order valence-electron chi connectivity index (χ4n) is 3.34. The second-order valence-corrected chi connectivity index (χ2v) is 6.35. The number of carbonyl (C=O) groups is 1. The number of halogens is 2. The van der Waals surface area contributed by atoms with E-state index in [9.17, 15) is 13.6 Å². The van der Waals surface area contributed by atoms with Crippen molar-refractivity contribution in [3.05, 3.63) is 23.3 Å². The van der Waals surface area contributed by atoms with Crippen molar-refractivity contribution in [2.24, 2.45) is 0 Å². The van der Waals surface area contributed by atoms with Crippen LogP contribution >= 0.6 is 0 Å². The van der Waals surface area contributed by atoms with E-state index < -0.39 is 6.61 Å². The summed E-state index contributed by atoms with van der Waals surface area (Å²) in [5, 5.41) is 2.99. The van der Waals surface area contributed by atoms with Crippen LogP contribution in [0.3, 0.4) is 0 Å². The summed E-state index contributed by atoms with van der Waals surface area (Å²) in [4.78, 5) is 14.9. The number of anilines is 1. The largest absolute Gasteiger partial charge is 0.435 e. The van der Waals surface area contributed by atoms with Gasteiger partial charge in [-0.1, -0.05) is 13.3 Å². The van der Waals surface area contributed by atoms with Gasteiger partial charge in [0.15, 0.2) is 0 Å².